The van der Waals surface area contributed by atoms with Gasteiger partial charge in [0.05, 0.1) is 0 Å². The van der Waals surface area contributed by atoms with Gasteiger partial charge in [-0.2, -0.15) is 0 Å². The smallest absolute Gasteiger partial charge is 0.257 e. The van der Waals surface area contributed by atoms with Crippen LogP contribution in [0.15, 0.2) is 78.9 Å². The molecule has 1 fully saturated rings. The summed E-state index contributed by atoms with van der Waals surface area (Å²) in [5.41, 5.74) is 3.93. The number of piperidine rings is 1. The zero-order chi connectivity index (χ0) is 22.3. The molecule has 0 bridgehead atoms. The van der Waals surface area contributed by atoms with Crippen LogP contribution in [0.1, 0.15) is 40.0 Å². The first-order valence-corrected chi connectivity index (χ1v) is 11.2. The molecule has 6 heteroatoms. The third kappa shape index (κ3) is 5.39. The molecule has 3 aromatic carbocycles. The van der Waals surface area contributed by atoms with E-state index in [2.05, 4.69) is 10.6 Å². The van der Waals surface area contributed by atoms with Gasteiger partial charge in [-0.25, -0.2) is 0 Å². The maximum atomic E-state index is 12.7. The molecule has 2 amide bonds. The highest BCUT2D eigenvalue weighted by molar-refractivity contribution is 7.80. The lowest BCUT2D eigenvalue weighted by Gasteiger charge is -2.26. The molecular formula is C26H25N3O2S. The molecule has 1 aliphatic heterocycles. The molecule has 4 rings (SSSR count). The zero-order valence-electron chi connectivity index (χ0n) is 17.7. The predicted octanol–water partition coefficient (Wildman–Crippen LogP) is 5.11. The Bertz CT molecular complexity index is 1110. The molecule has 0 atom stereocenters. The molecule has 0 aromatic heterocycles. The quantitative estimate of drug-likeness (QED) is 0.551. The Hall–Kier alpha value is -3.51. The summed E-state index contributed by atoms with van der Waals surface area (Å²) in [4.78, 5) is 27.2. The molecule has 1 saturated heterocycles. The molecule has 0 aliphatic carbocycles. The van der Waals surface area contributed by atoms with Crippen molar-refractivity contribution < 1.29 is 9.59 Å². The molecular weight excluding hydrogens is 418 g/mol. The summed E-state index contributed by atoms with van der Waals surface area (Å²) in [6.07, 6.45) is 3.27. The van der Waals surface area contributed by atoms with Crippen LogP contribution in [0.25, 0.3) is 11.1 Å². The summed E-state index contributed by atoms with van der Waals surface area (Å²) in [6, 6.07) is 24.6. The van der Waals surface area contributed by atoms with Crippen LogP contribution in [-0.4, -0.2) is 34.9 Å². The molecule has 0 radical (unpaired) electrons. The van der Waals surface area contributed by atoms with Gasteiger partial charge in [-0.1, -0.05) is 48.5 Å². The Kier molecular flexibility index (Phi) is 6.92. The van der Waals surface area contributed by atoms with Crippen LogP contribution in [0.2, 0.25) is 0 Å². The third-order valence-corrected chi connectivity index (χ3v) is 5.70. The predicted molar refractivity (Wildman–Crippen MR) is 132 cm³/mol. The van der Waals surface area contributed by atoms with E-state index in [9.17, 15) is 9.59 Å². The fraction of sp³-hybridized carbons (Fsp3) is 0.192. The van der Waals surface area contributed by atoms with Crippen LogP contribution in [0.3, 0.4) is 0 Å². The number of likely N-dealkylation sites (tertiary alicyclic amines) is 1. The van der Waals surface area contributed by atoms with Crippen molar-refractivity contribution in [1.82, 2.24) is 10.2 Å². The molecule has 0 unspecified atom stereocenters. The minimum atomic E-state index is -0.289. The fourth-order valence-corrected chi connectivity index (χ4v) is 4.00. The van der Waals surface area contributed by atoms with Gasteiger partial charge >= 0.3 is 0 Å². The maximum Gasteiger partial charge on any atom is 0.257 e. The van der Waals surface area contributed by atoms with Crippen LogP contribution in [0.5, 0.6) is 0 Å². The summed E-state index contributed by atoms with van der Waals surface area (Å²) < 4.78 is 0. The summed E-state index contributed by atoms with van der Waals surface area (Å²) in [7, 11) is 0. The number of rotatable bonds is 4. The number of nitrogens with zero attached hydrogens (tertiary/aromatic N) is 1. The molecule has 162 valence electrons. The molecule has 32 heavy (non-hydrogen) atoms. The largest absolute Gasteiger partial charge is 0.339 e. The molecule has 1 heterocycles. The molecule has 0 spiro atoms. The van der Waals surface area contributed by atoms with Gasteiger partial charge in [-0.05, 0) is 72.9 Å². The van der Waals surface area contributed by atoms with Crippen LogP contribution in [0, 0.1) is 0 Å². The number of hydrogen-bond acceptors (Lipinski definition) is 3. The second-order valence-electron chi connectivity index (χ2n) is 7.79. The summed E-state index contributed by atoms with van der Waals surface area (Å²) in [5.74, 6) is -0.260. The van der Waals surface area contributed by atoms with Gasteiger partial charge in [-0.15, -0.1) is 0 Å². The summed E-state index contributed by atoms with van der Waals surface area (Å²) in [5, 5.41) is 5.89. The lowest BCUT2D eigenvalue weighted by Crippen LogP contribution is -2.36. The van der Waals surface area contributed by atoms with E-state index < -0.39 is 0 Å². The van der Waals surface area contributed by atoms with Crippen LogP contribution < -0.4 is 10.6 Å². The first-order valence-electron chi connectivity index (χ1n) is 10.8. The maximum absolute atomic E-state index is 12.7. The van der Waals surface area contributed by atoms with Crippen LogP contribution in [0.4, 0.5) is 5.69 Å². The topological polar surface area (TPSA) is 61.4 Å². The van der Waals surface area contributed by atoms with Gasteiger partial charge in [0, 0.05) is 29.9 Å². The van der Waals surface area contributed by atoms with Gasteiger partial charge in [0.1, 0.15) is 0 Å². The summed E-state index contributed by atoms with van der Waals surface area (Å²) in [6.45, 7) is 1.60. The highest BCUT2D eigenvalue weighted by atomic mass is 32.1. The zero-order valence-corrected chi connectivity index (χ0v) is 18.5. The highest BCUT2D eigenvalue weighted by Crippen LogP contribution is 2.19. The second-order valence-corrected chi connectivity index (χ2v) is 8.19. The van der Waals surface area contributed by atoms with E-state index in [-0.39, 0.29) is 16.9 Å². The van der Waals surface area contributed by atoms with Crippen LogP contribution >= 0.6 is 12.2 Å². The van der Waals surface area contributed by atoms with Crippen molar-refractivity contribution in [2.45, 2.75) is 19.3 Å². The Morgan fingerprint density at radius 3 is 2.16 bits per heavy atom. The van der Waals surface area contributed by atoms with Crippen molar-refractivity contribution in [2.24, 2.45) is 0 Å². The average Bonchev–Trinajstić information content (AvgIpc) is 2.85. The van der Waals surface area contributed by atoms with Gasteiger partial charge in [0.25, 0.3) is 11.8 Å². The number of nitrogens with one attached hydrogen (secondary N) is 2. The lowest BCUT2D eigenvalue weighted by molar-refractivity contribution is 0.0724. The number of thiocarbonyl (C=S) groups is 1. The van der Waals surface area contributed by atoms with Crippen molar-refractivity contribution >= 4 is 34.8 Å². The van der Waals surface area contributed by atoms with Crippen molar-refractivity contribution in [2.75, 3.05) is 18.4 Å². The highest BCUT2D eigenvalue weighted by Gasteiger charge is 2.18. The fourth-order valence-electron chi connectivity index (χ4n) is 3.79. The molecule has 0 saturated carbocycles. The van der Waals surface area contributed by atoms with Gasteiger partial charge in [-0.3, -0.25) is 14.9 Å². The van der Waals surface area contributed by atoms with Crippen molar-refractivity contribution in [1.29, 1.82) is 0 Å². The number of carbonyl (C=O) groups is 2. The van der Waals surface area contributed by atoms with Crippen LogP contribution in [-0.2, 0) is 0 Å². The lowest BCUT2D eigenvalue weighted by atomic mass is 10.0. The van der Waals surface area contributed by atoms with Crippen molar-refractivity contribution in [3.05, 3.63) is 90.0 Å². The van der Waals surface area contributed by atoms with E-state index in [1.807, 2.05) is 59.5 Å². The number of carbonyl (C=O) groups excluding carboxylic acids is 2. The molecule has 1 aliphatic rings. The summed E-state index contributed by atoms with van der Waals surface area (Å²) >= 11 is 5.31. The number of anilines is 1. The average molecular weight is 444 g/mol. The van der Waals surface area contributed by atoms with Gasteiger partial charge in [0.2, 0.25) is 0 Å². The van der Waals surface area contributed by atoms with E-state index >= 15 is 0 Å². The second kappa shape index (κ2) is 10.2. The van der Waals surface area contributed by atoms with Crippen molar-refractivity contribution in [3.63, 3.8) is 0 Å². The molecule has 3 aromatic rings. The minimum Gasteiger partial charge on any atom is -0.339 e. The van der Waals surface area contributed by atoms with E-state index in [0.29, 0.717) is 16.8 Å². The number of amides is 2. The van der Waals surface area contributed by atoms with E-state index in [0.717, 1.165) is 37.1 Å². The van der Waals surface area contributed by atoms with E-state index in [1.54, 1.807) is 24.3 Å². The van der Waals surface area contributed by atoms with Crippen molar-refractivity contribution in [3.8, 4) is 11.1 Å². The van der Waals surface area contributed by atoms with Gasteiger partial charge < -0.3 is 10.2 Å². The monoisotopic (exact) mass is 443 g/mol. The first kappa shape index (κ1) is 21.7. The standard InChI is InChI=1S/C26H25N3O2S/c30-24(21-14-12-20(13-15-21)19-8-3-1-4-9-19)28-26(32)27-23-11-7-10-22(18-23)25(31)29-16-5-2-6-17-29/h1,3-4,7-15,18H,2,5-6,16-17H2,(H2,27,28,30,32). The minimum absolute atomic E-state index is 0.0295. The molecule has 2 N–H and O–H groups in total. The molecule has 5 nitrogen and oxygen atoms in total. The number of hydrogen-bond donors (Lipinski definition) is 2. The Morgan fingerprint density at radius 1 is 0.750 bits per heavy atom. The third-order valence-electron chi connectivity index (χ3n) is 5.49. The Labute approximate surface area is 193 Å². The SMILES string of the molecule is O=C(NC(=S)Nc1cccc(C(=O)N2CCCCC2)c1)c1ccc(-c2ccccc2)cc1. The normalized spacial score (nSPS) is 13.3. The Balaban J connectivity index is 1.36. The Morgan fingerprint density at radius 2 is 1.44 bits per heavy atom. The van der Waals surface area contributed by atoms with E-state index in [4.69, 9.17) is 12.2 Å². The number of benzene rings is 3. The first-order chi connectivity index (χ1) is 15.6. The van der Waals surface area contributed by atoms with E-state index in [1.165, 1.54) is 6.42 Å². The van der Waals surface area contributed by atoms with Gasteiger partial charge in [0.15, 0.2) is 5.11 Å².